The number of nitrogens with zero attached hydrogens (tertiary/aromatic N) is 2. The molecular formula is C17H24N4O6S. The average molecular weight is 412 g/mol. The first-order chi connectivity index (χ1) is 13.3. The van der Waals surface area contributed by atoms with Crippen LogP contribution in [0.25, 0.3) is 0 Å². The van der Waals surface area contributed by atoms with Gasteiger partial charge in [0.25, 0.3) is 5.69 Å². The summed E-state index contributed by atoms with van der Waals surface area (Å²) in [6.07, 6.45) is 2.62. The maximum Gasteiger partial charge on any atom is 0.270 e. The third-order valence-electron chi connectivity index (χ3n) is 4.48. The summed E-state index contributed by atoms with van der Waals surface area (Å²) in [6, 6.07) is 4.18. The molecule has 0 aliphatic carbocycles. The van der Waals surface area contributed by atoms with Crippen LogP contribution in [0.2, 0.25) is 0 Å². The maximum atomic E-state index is 12.4. The molecule has 2 rings (SSSR count). The zero-order valence-corrected chi connectivity index (χ0v) is 16.4. The van der Waals surface area contributed by atoms with Crippen LogP contribution < -0.4 is 10.0 Å². The summed E-state index contributed by atoms with van der Waals surface area (Å²) in [5.74, 6) is -0.387. The van der Waals surface area contributed by atoms with Crippen LogP contribution in [-0.2, 0) is 19.6 Å². The van der Waals surface area contributed by atoms with E-state index in [1.165, 1.54) is 18.2 Å². The molecule has 1 fully saturated rings. The quantitative estimate of drug-likeness (QED) is 0.367. The zero-order valence-electron chi connectivity index (χ0n) is 15.6. The molecule has 28 heavy (non-hydrogen) atoms. The van der Waals surface area contributed by atoms with Crippen LogP contribution in [0.3, 0.4) is 0 Å². The van der Waals surface area contributed by atoms with Crippen LogP contribution in [0, 0.1) is 10.1 Å². The predicted octanol–water partition coefficient (Wildman–Crippen LogP) is 0.780. The first-order valence-electron chi connectivity index (χ1n) is 9.07. The lowest BCUT2D eigenvalue weighted by Gasteiger charge is -2.34. The molecule has 0 aromatic heterocycles. The van der Waals surface area contributed by atoms with Gasteiger partial charge in [0.05, 0.1) is 9.82 Å². The van der Waals surface area contributed by atoms with Crippen molar-refractivity contribution in [3.8, 4) is 0 Å². The number of benzene rings is 1. The molecule has 1 heterocycles. The van der Waals surface area contributed by atoms with E-state index in [0.717, 1.165) is 18.9 Å². The molecule has 154 valence electrons. The Kier molecular flexibility index (Phi) is 7.46. The molecule has 1 atom stereocenters. The minimum absolute atomic E-state index is 0.0393. The molecule has 0 spiro atoms. The summed E-state index contributed by atoms with van der Waals surface area (Å²) in [4.78, 5) is 35.8. The van der Waals surface area contributed by atoms with E-state index in [4.69, 9.17) is 0 Å². The van der Waals surface area contributed by atoms with Gasteiger partial charge in [-0.2, -0.15) is 0 Å². The largest absolute Gasteiger partial charge is 0.353 e. The smallest absolute Gasteiger partial charge is 0.270 e. The number of piperidine rings is 1. The highest BCUT2D eigenvalue weighted by molar-refractivity contribution is 7.89. The molecule has 1 unspecified atom stereocenters. The normalized spacial score (nSPS) is 17.2. The topological polar surface area (TPSA) is 139 Å². The summed E-state index contributed by atoms with van der Waals surface area (Å²) in [5, 5.41) is 13.4. The van der Waals surface area contributed by atoms with Gasteiger partial charge in [0.15, 0.2) is 0 Å². The molecule has 1 aromatic carbocycles. The number of likely N-dealkylation sites (tertiary alicyclic amines) is 1. The second-order valence-corrected chi connectivity index (χ2v) is 8.16. The SMILES string of the molecule is CCC(=O)N1CCCCC1C(=O)NCCNS(=O)(=O)c1cccc([N+](=O)[O-])c1. The number of carbonyl (C=O) groups excluding carboxylic acids is 2. The first-order valence-corrected chi connectivity index (χ1v) is 10.6. The Balaban J connectivity index is 1.89. The standard InChI is InChI=1S/C17H24N4O6S/c1-2-16(22)20-11-4-3-8-15(20)17(23)18-9-10-19-28(26,27)14-7-5-6-13(12-14)21(24)25/h5-7,12,15,19H,2-4,8-11H2,1H3,(H,18,23). The van der Waals surface area contributed by atoms with Crippen LogP contribution in [0.1, 0.15) is 32.6 Å². The van der Waals surface area contributed by atoms with Gasteiger partial charge in [-0.25, -0.2) is 13.1 Å². The van der Waals surface area contributed by atoms with Gasteiger partial charge >= 0.3 is 0 Å². The molecule has 0 bridgehead atoms. The minimum Gasteiger partial charge on any atom is -0.353 e. The summed E-state index contributed by atoms with van der Waals surface area (Å²) in [7, 11) is -3.94. The third-order valence-corrected chi connectivity index (χ3v) is 5.94. The number of nitro benzene ring substituents is 1. The summed E-state index contributed by atoms with van der Waals surface area (Å²) >= 11 is 0. The Hall–Kier alpha value is -2.53. The average Bonchev–Trinajstić information content (AvgIpc) is 2.70. The lowest BCUT2D eigenvalue weighted by Crippen LogP contribution is -2.52. The van der Waals surface area contributed by atoms with E-state index >= 15 is 0 Å². The number of amides is 2. The van der Waals surface area contributed by atoms with Crippen LogP contribution in [0.4, 0.5) is 5.69 Å². The molecule has 2 amide bonds. The Morgan fingerprint density at radius 3 is 2.71 bits per heavy atom. The van der Waals surface area contributed by atoms with Gasteiger partial charge in [-0.1, -0.05) is 13.0 Å². The Bertz CT molecular complexity index is 842. The lowest BCUT2D eigenvalue weighted by molar-refractivity contribution is -0.385. The fourth-order valence-electron chi connectivity index (χ4n) is 3.04. The Labute approximate surface area is 163 Å². The monoisotopic (exact) mass is 412 g/mol. The molecule has 1 saturated heterocycles. The highest BCUT2D eigenvalue weighted by Gasteiger charge is 2.31. The van der Waals surface area contributed by atoms with Gasteiger partial charge in [0.2, 0.25) is 21.8 Å². The van der Waals surface area contributed by atoms with E-state index in [9.17, 15) is 28.1 Å². The fraction of sp³-hybridized carbons (Fsp3) is 0.529. The maximum absolute atomic E-state index is 12.4. The number of non-ortho nitro benzene ring substituents is 1. The van der Waals surface area contributed by atoms with E-state index in [-0.39, 0.29) is 35.5 Å². The number of hydrogen-bond acceptors (Lipinski definition) is 6. The summed E-state index contributed by atoms with van der Waals surface area (Å²) in [5.41, 5.74) is -0.325. The number of nitrogens with one attached hydrogen (secondary N) is 2. The second kappa shape index (κ2) is 9.60. The van der Waals surface area contributed by atoms with Crippen LogP contribution in [0.15, 0.2) is 29.2 Å². The molecule has 10 nitrogen and oxygen atoms in total. The van der Waals surface area contributed by atoms with Crippen molar-refractivity contribution in [1.82, 2.24) is 14.9 Å². The summed E-state index contributed by atoms with van der Waals surface area (Å²) < 4.78 is 26.8. The van der Waals surface area contributed by atoms with Crippen molar-refractivity contribution in [2.24, 2.45) is 0 Å². The summed E-state index contributed by atoms with van der Waals surface area (Å²) in [6.45, 7) is 2.25. The van der Waals surface area contributed by atoms with Crippen molar-refractivity contribution in [2.45, 2.75) is 43.5 Å². The van der Waals surface area contributed by atoms with E-state index < -0.39 is 21.0 Å². The van der Waals surface area contributed by atoms with Crippen molar-refractivity contribution in [3.05, 3.63) is 34.4 Å². The Morgan fingerprint density at radius 1 is 1.29 bits per heavy atom. The van der Waals surface area contributed by atoms with E-state index in [1.54, 1.807) is 11.8 Å². The van der Waals surface area contributed by atoms with Crippen molar-refractivity contribution >= 4 is 27.5 Å². The number of hydrogen-bond donors (Lipinski definition) is 2. The molecule has 1 aliphatic rings. The van der Waals surface area contributed by atoms with Crippen molar-refractivity contribution in [2.75, 3.05) is 19.6 Å². The fourth-order valence-corrected chi connectivity index (χ4v) is 4.11. The van der Waals surface area contributed by atoms with E-state index in [0.29, 0.717) is 19.4 Å². The van der Waals surface area contributed by atoms with Crippen molar-refractivity contribution < 1.29 is 22.9 Å². The zero-order chi connectivity index (χ0) is 20.7. The van der Waals surface area contributed by atoms with Gasteiger partial charge in [-0.3, -0.25) is 19.7 Å². The van der Waals surface area contributed by atoms with Crippen molar-refractivity contribution in [3.63, 3.8) is 0 Å². The second-order valence-electron chi connectivity index (χ2n) is 6.40. The van der Waals surface area contributed by atoms with Crippen molar-refractivity contribution in [1.29, 1.82) is 0 Å². The predicted molar refractivity (Wildman–Crippen MR) is 101 cm³/mol. The van der Waals surface area contributed by atoms with E-state index in [2.05, 4.69) is 10.0 Å². The lowest BCUT2D eigenvalue weighted by atomic mass is 10.0. The van der Waals surface area contributed by atoms with Gasteiger partial charge in [0.1, 0.15) is 6.04 Å². The molecular weight excluding hydrogens is 388 g/mol. The number of rotatable bonds is 8. The van der Waals surface area contributed by atoms with Crippen LogP contribution in [0.5, 0.6) is 0 Å². The number of carbonyl (C=O) groups is 2. The minimum atomic E-state index is -3.94. The highest BCUT2D eigenvalue weighted by atomic mass is 32.2. The molecule has 11 heteroatoms. The van der Waals surface area contributed by atoms with Crippen LogP contribution >= 0.6 is 0 Å². The van der Waals surface area contributed by atoms with Gasteiger partial charge < -0.3 is 10.2 Å². The molecule has 1 aliphatic heterocycles. The molecule has 0 radical (unpaired) electrons. The highest BCUT2D eigenvalue weighted by Crippen LogP contribution is 2.18. The third kappa shape index (κ3) is 5.49. The van der Waals surface area contributed by atoms with Gasteiger partial charge in [-0.05, 0) is 25.3 Å². The van der Waals surface area contributed by atoms with Gasteiger partial charge in [0, 0.05) is 38.2 Å². The first kappa shape index (κ1) is 21.8. The van der Waals surface area contributed by atoms with E-state index in [1.807, 2.05) is 0 Å². The molecule has 0 saturated carbocycles. The number of nitro groups is 1. The van der Waals surface area contributed by atoms with Crippen LogP contribution in [-0.4, -0.2) is 55.7 Å². The molecule has 2 N–H and O–H groups in total. The Morgan fingerprint density at radius 2 is 2.04 bits per heavy atom. The molecule has 1 aromatic rings. The van der Waals surface area contributed by atoms with Gasteiger partial charge in [-0.15, -0.1) is 0 Å². The number of sulfonamides is 1.